The molecule has 148 valence electrons. The number of halogens is 1. The fourth-order valence-electron chi connectivity index (χ4n) is 3.41. The third-order valence-electron chi connectivity index (χ3n) is 4.78. The van der Waals surface area contributed by atoms with Crippen LogP contribution < -0.4 is 10.1 Å². The van der Waals surface area contributed by atoms with Crippen molar-refractivity contribution in [3.63, 3.8) is 0 Å². The van der Waals surface area contributed by atoms with Crippen LogP contribution >= 0.6 is 11.3 Å². The molecule has 0 bridgehead atoms. The first kappa shape index (κ1) is 18.8. The van der Waals surface area contributed by atoms with Crippen molar-refractivity contribution >= 4 is 33.5 Å². The van der Waals surface area contributed by atoms with Gasteiger partial charge in [-0.2, -0.15) is 9.37 Å². The van der Waals surface area contributed by atoms with E-state index in [1.54, 1.807) is 6.20 Å². The summed E-state index contributed by atoms with van der Waals surface area (Å²) in [5.41, 5.74) is 1.60. The molecule has 4 rings (SSSR count). The number of nitrogens with zero attached hydrogens (tertiary/aromatic N) is 5. The highest BCUT2D eigenvalue weighted by Gasteiger charge is 2.32. The van der Waals surface area contributed by atoms with Gasteiger partial charge in [0, 0.05) is 45.7 Å². The lowest BCUT2D eigenvalue weighted by Gasteiger charge is -2.19. The first-order valence-electron chi connectivity index (χ1n) is 9.00. The average Bonchev–Trinajstić information content (AvgIpc) is 3.26. The largest absolute Gasteiger partial charge is 0.472 e. The average molecular weight is 404 g/mol. The molecule has 8 nitrogen and oxygen atoms in total. The number of likely N-dealkylation sites (tertiary alicyclic amines) is 1. The highest BCUT2D eigenvalue weighted by Crippen LogP contribution is 2.28. The zero-order valence-corrected chi connectivity index (χ0v) is 16.7. The molecule has 2 atom stereocenters. The molecule has 0 aromatic carbocycles. The number of aryl methyl sites for hydroxylation is 1. The van der Waals surface area contributed by atoms with Crippen LogP contribution in [0.2, 0.25) is 0 Å². The lowest BCUT2D eigenvalue weighted by atomic mass is 10.2. The van der Waals surface area contributed by atoms with Crippen LogP contribution in [0.1, 0.15) is 25.1 Å². The molecular weight excluding hydrogens is 383 g/mol. The predicted molar refractivity (Wildman–Crippen MR) is 104 cm³/mol. The van der Waals surface area contributed by atoms with Gasteiger partial charge in [-0.25, -0.2) is 9.97 Å². The van der Waals surface area contributed by atoms with Crippen molar-refractivity contribution in [1.82, 2.24) is 24.4 Å². The Hall–Kier alpha value is -2.59. The maximum absolute atomic E-state index is 14.1. The molecule has 3 aromatic heterocycles. The fourth-order valence-corrected chi connectivity index (χ4v) is 4.33. The van der Waals surface area contributed by atoms with Crippen molar-refractivity contribution in [3.05, 3.63) is 29.3 Å². The van der Waals surface area contributed by atoms with E-state index in [1.165, 1.54) is 6.92 Å². The molecule has 10 heteroatoms. The zero-order chi connectivity index (χ0) is 19.8. The van der Waals surface area contributed by atoms with Gasteiger partial charge in [0.1, 0.15) is 11.6 Å². The van der Waals surface area contributed by atoms with Crippen LogP contribution in [0.5, 0.6) is 5.88 Å². The van der Waals surface area contributed by atoms with Crippen LogP contribution in [0, 0.1) is 5.95 Å². The quantitative estimate of drug-likeness (QED) is 0.704. The fraction of sp³-hybridized carbons (Fsp3) is 0.444. The van der Waals surface area contributed by atoms with Crippen LogP contribution in [0.3, 0.4) is 0 Å². The number of nitrogens with one attached hydrogen (secondary N) is 1. The highest BCUT2D eigenvalue weighted by atomic mass is 32.1. The minimum absolute atomic E-state index is 0.0451. The van der Waals surface area contributed by atoms with Gasteiger partial charge >= 0.3 is 0 Å². The van der Waals surface area contributed by atoms with E-state index in [1.807, 2.05) is 23.9 Å². The Labute approximate surface area is 165 Å². The molecule has 28 heavy (non-hydrogen) atoms. The second-order valence-electron chi connectivity index (χ2n) is 7.01. The van der Waals surface area contributed by atoms with Crippen LogP contribution in [0.25, 0.3) is 11.2 Å². The van der Waals surface area contributed by atoms with E-state index in [0.717, 1.165) is 28.9 Å². The van der Waals surface area contributed by atoms with Crippen molar-refractivity contribution in [1.29, 1.82) is 0 Å². The van der Waals surface area contributed by atoms with Crippen molar-refractivity contribution in [3.8, 4) is 5.88 Å². The van der Waals surface area contributed by atoms with E-state index in [0.29, 0.717) is 23.8 Å². The lowest BCUT2D eigenvalue weighted by molar-refractivity contribution is -0.114. The van der Waals surface area contributed by atoms with Crippen molar-refractivity contribution < 1.29 is 13.9 Å². The predicted octanol–water partition coefficient (Wildman–Crippen LogP) is 2.56. The van der Waals surface area contributed by atoms with Gasteiger partial charge in [-0.1, -0.05) is 11.3 Å². The van der Waals surface area contributed by atoms with Crippen LogP contribution in [0.4, 0.5) is 9.52 Å². The van der Waals surface area contributed by atoms with Gasteiger partial charge in [-0.15, -0.1) is 0 Å². The summed E-state index contributed by atoms with van der Waals surface area (Å²) in [6.07, 6.45) is 4.31. The Morgan fingerprint density at radius 2 is 2.29 bits per heavy atom. The van der Waals surface area contributed by atoms with Gasteiger partial charge < -0.3 is 14.6 Å². The Morgan fingerprint density at radius 1 is 1.46 bits per heavy atom. The monoisotopic (exact) mass is 404 g/mol. The number of anilines is 1. The molecule has 0 aliphatic carbocycles. The summed E-state index contributed by atoms with van der Waals surface area (Å²) in [7, 11) is 1.92. The van der Waals surface area contributed by atoms with Crippen LogP contribution in [-0.4, -0.2) is 49.0 Å². The first-order chi connectivity index (χ1) is 13.4. The molecule has 1 fully saturated rings. The number of hydrogen-bond acceptors (Lipinski definition) is 7. The number of hydrogen-bond donors (Lipinski definition) is 1. The van der Waals surface area contributed by atoms with Gasteiger partial charge in [0.25, 0.3) is 0 Å². The molecule has 1 N–H and O–H groups in total. The number of fused-ring (bicyclic) bond motifs is 1. The summed E-state index contributed by atoms with van der Waals surface area (Å²) < 4.78 is 22.0. The molecule has 0 radical (unpaired) electrons. The second kappa shape index (κ2) is 7.44. The SMILES string of the molecule is CC(=O)Nc1nc(F)c(CN2C[C@H](Oc3cnc4c(ccn4C)n3)C[C@@H]2C)s1. The summed E-state index contributed by atoms with van der Waals surface area (Å²) in [6, 6.07) is 2.13. The lowest BCUT2D eigenvalue weighted by Crippen LogP contribution is -2.28. The third-order valence-corrected chi connectivity index (χ3v) is 5.71. The molecule has 1 saturated heterocycles. The van der Waals surface area contributed by atoms with Crippen molar-refractivity contribution in [2.45, 2.75) is 39.0 Å². The first-order valence-corrected chi connectivity index (χ1v) is 9.82. The van der Waals surface area contributed by atoms with Crippen molar-refractivity contribution in [2.24, 2.45) is 7.05 Å². The van der Waals surface area contributed by atoms with E-state index in [2.05, 4.69) is 32.1 Å². The number of amides is 1. The van der Waals surface area contributed by atoms with Gasteiger partial charge in [-0.3, -0.25) is 9.69 Å². The van der Waals surface area contributed by atoms with Gasteiger partial charge in [-0.05, 0) is 13.0 Å². The number of carbonyl (C=O) groups excluding carboxylic acids is 1. The number of rotatable bonds is 5. The van der Waals surface area contributed by atoms with Crippen LogP contribution in [0.15, 0.2) is 18.5 Å². The number of carbonyl (C=O) groups is 1. The molecule has 1 amide bonds. The van der Waals surface area contributed by atoms with E-state index < -0.39 is 5.95 Å². The Morgan fingerprint density at radius 3 is 3.07 bits per heavy atom. The molecule has 0 spiro atoms. The summed E-state index contributed by atoms with van der Waals surface area (Å²) in [5, 5.41) is 2.81. The molecule has 0 unspecified atom stereocenters. The summed E-state index contributed by atoms with van der Waals surface area (Å²) in [5.74, 6) is -0.305. The van der Waals surface area contributed by atoms with E-state index in [9.17, 15) is 9.18 Å². The maximum Gasteiger partial charge on any atom is 0.233 e. The minimum Gasteiger partial charge on any atom is -0.472 e. The molecule has 3 aromatic rings. The highest BCUT2D eigenvalue weighted by molar-refractivity contribution is 7.15. The smallest absolute Gasteiger partial charge is 0.233 e. The Bertz CT molecular complexity index is 1020. The normalized spacial score (nSPS) is 20.0. The standard InChI is InChI=1S/C18H21FN6O2S/c1-10-6-12(27-15-7-20-17-13(22-15)4-5-24(17)3)8-25(10)9-14-16(19)23-18(28-14)21-11(2)26/h4-5,7,10,12H,6,8-9H2,1-3H3,(H,21,23,26)/t10-,12+/m0/s1. The topological polar surface area (TPSA) is 85.2 Å². The van der Waals surface area contributed by atoms with E-state index >= 15 is 0 Å². The molecule has 1 aliphatic heterocycles. The summed E-state index contributed by atoms with van der Waals surface area (Å²) in [4.78, 5) is 26.5. The Balaban J connectivity index is 1.41. The number of ether oxygens (including phenoxy) is 1. The van der Waals surface area contributed by atoms with E-state index in [4.69, 9.17) is 4.74 Å². The van der Waals surface area contributed by atoms with Gasteiger partial charge in [0.05, 0.1) is 11.1 Å². The van der Waals surface area contributed by atoms with Crippen LogP contribution in [-0.2, 0) is 18.4 Å². The van der Waals surface area contributed by atoms with Gasteiger partial charge in [0.2, 0.25) is 17.7 Å². The number of thiazole rings is 1. The maximum atomic E-state index is 14.1. The third kappa shape index (κ3) is 3.83. The molecule has 1 aliphatic rings. The molecule has 0 saturated carbocycles. The second-order valence-corrected chi connectivity index (χ2v) is 8.10. The minimum atomic E-state index is -0.536. The molecular formula is C18H21FN6O2S. The van der Waals surface area contributed by atoms with Crippen molar-refractivity contribution in [2.75, 3.05) is 11.9 Å². The number of aromatic nitrogens is 4. The Kier molecular flexibility index (Phi) is 4.98. The summed E-state index contributed by atoms with van der Waals surface area (Å²) >= 11 is 1.16. The zero-order valence-electron chi connectivity index (χ0n) is 15.8. The summed E-state index contributed by atoms with van der Waals surface area (Å²) in [6.45, 7) is 4.54. The van der Waals surface area contributed by atoms with E-state index in [-0.39, 0.29) is 23.2 Å². The molecule has 4 heterocycles. The van der Waals surface area contributed by atoms with Gasteiger partial charge in [0.15, 0.2) is 10.8 Å².